The van der Waals surface area contributed by atoms with Crippen LogP contribution in [0.1, 0.15) is 54.5 Å². The summed E-state index contributed by atoms with van der Waals surface area (Å²) in [6, 6.07) is 32.6. The molecule has 12 nitrogen and oxygen atoms in total. The molecule has 3 aromatic heterocycles. The standard InChI is InChI=1S/C47H44N8O4/c56-42(40-13-7-23-54(40)46(58)43(52-25-21-48-30-52)34-9-3-1-4-10-34)28-32-15-20-38-36(27-32)29-39(51-38)33-16-18-37(19-17-33)50-45(57)41-14-8-24-55(41)47(59)44(53-26-22-49-31-53)35-11-5-2-6-12-35/h1-6,9-12,15-22,25-27,29-31,40-41,43-44,51H,7-8,13-14,23-24,28H2,(H,50,57)/t40-,41-,43+,44+/m0/s1. The largest absolute Gasteiger partial charge is 0.355 e. The molecule has 0 spiro atoms. The highest BCUT2D eigenvalue weighted by molar-refractivity contribution is 5.99. The van der Waals surface area contributed by atoms with Gasteiger partial charge in [0.15, 0.2) is 5.78 Å². The van der Waals surface area contributed by atoms with Crippen molar-refractivity contribution in [3.63, 3.8) is 0 Å². The zero-order chi connectivity index (χ0) is 40.3. The zero-order valence-corrected chi connectivity index (χ0v) is 32.4. The van der Waals surface area contributed by atoms with E-state index in [0.717, 1.165) is 51.7 Å². The summed E-state index contributed by atoms with van der Waals surface area (Å²) in [4.78, 5) is 70.9. The lowest BCUT2D eigenvalue weighted by Crippen LogP contribution is -2.46. The summed E-state index contributed by atoms with van der Waals surface area (Å²) in [6.45, 7) is 1.04. The van der Waals surface area contributed by atoms with Crippen molar-refractivity contribution in [2.24, 2.45) is 0 Å². The lowest BCUT2D eigenvalue weighted by Gasteiger charge is -2.29. The first kappa shape index (κ1) is 37.5. The van der Waals surface area contributed by atoms with Crippen LogP contribution < -0.4 is 5.32 Å². The number of ketones is 1. The molecular weight excluding hydrogens is 741 g/mol. The molecule has 2 N–H and O–H groups in total. The number of carbonyl (C=O) groups excluding carboxylic acids is 4. The molecule has 4 atom stereocenters. The molecule has 9 rings (SSSR count). The maximum Gasteiger partial charge on any atom is 0.250 e. The van der Waals surface area contributed by atoms with E-state index < -0.39 is 24.2 Å². The third-order valence-corrected chi connectivity index (χ3v) is 11.6. The molecule has 296 valence electrons. The third kappa shape index (κ3) is 7.69. The molecule has 3 amide bonds. The van der Waals surface area contributed by atoms with Crippen molar-refractivity contribution in [2.75, 3.05) is 18.4 Å². The summed E-state index contributed by atoms with van der Waals surface area (Å²) in [5, 5.41) is 4.02. The van der Waals surface area contributed by atoms with Gasteiger partial charge in [0.05, 0.1) is 18.7 Å². The fourth-order valence-corrected chi connectivity index (χ4v) is 8.71. The molecule has 0 radical (unpaired) electrons. The number of fused-ring (bicyclic) bond motifs is 1. The van der Waals surface area contributed by atoms with Gasteiger partial charge < -0.3 is 29.2 Å². The van der Waals surface area contributed by atoms with E-state index in [-0.39, 0.29) is 29.9 Å². The highest BCUT2D eigenvalue weighted by atomic mass is 16.2. The quantitative estimate of drug-likeness (QED) is 0.139. The second-order valence-electron chi connectivity index (χ2n) is 15.3. The van der Waals surface area contributed by atoms with Crippen LogP contribution in [0.3, 0.4) is 0 Å². The van der Waals surface area contributed by atoms with Crippen molar-refractivity contribution >= 4 is 40.1 Å². The Labute approximate surface area is 341 Å². The molecule has 2 saturated heterocycles. The number of amides is 3. The van der Waals surface area contributed by atoms with Gasteiger partial charge in [-0.15, -0.1) is 0 Å². The summed E-state index contributed by atoms with van der Waals surface area (Å²) in [7, 11) is 0. The van der Waals surface area contributed by atoms with Gasteiger partial charge in [-0.05, 0) is 78.3 Å². The van der Waals surface area contributed by atoms with E-state index in [1.54, 1.807) is 56.4 Å². The number of aromatic nitrogens is 5. The summed E-state index contributed by atoms with van der Waals surface area (Å²) >= 11 is 0. The van der Waals surface area contributed by atoms with Gasteiger partial charge in [0.25, 0.3) is 11.8 Å². The summed E-state index contributed by atoms with van der Waals surface area (Å²) in [5.74, 6) is -0.424. The summed E-state index contributed by atoms with van der Waals surface area (Å²) in [5.41, 5.74) is 6.00. The Hall–Kier alpha value is -7.08. The van der Waals surface area contributed by atoms with Crippen molar-refractivity contribution in [3.05, 3.63) is 163 Å². The van der Waals surface area contributed by atoms with Crippen LogP contribution in [0.25, 0.3) is 22.2 Å². The van der Waals surface area contributed by atoms with Crippen molar-refractivity contribution in [1.29, 1.82) is 0 Å². The molecule has 2 aliphatic heterocycles. The van der Waals surface area contributed by atoms with Crippen LogP contribution in [0.5, 0.6) is 0 Å². The molecule has 0 bridgehead atoms. The average molecular weight is 785 g/mol. The maximum atomic E-state index is 14.1. The molecule has 12 heteroatoms. The topological polar surface area (TPSA) is 138 Å². The molecule has 7 aromatic rings. The van der Waals surface area contributed by atoms with Crippen LogP contribution in [-0.4, -0.2) is 82.6 Å². The number of aromatic amines is 1. The van der Waals surface area contributed by atoms with Crippen LogP contribution in [0.2, 0.25) is 0 Å². The molecule has 0 aliphatic carbocycles. The van der Waals surface area contributed by atoms with E-state index in [1.165, 1.54) is 0 Å². The minimum atomic E-state index is -0.611. The van der Waals surface area contributed by atoms with Gasteiger partial charge >= 0.3 is 0 Å². The van der Waals surface area contributed by atoms with Gasteiger partial charge in [-0.2, -0.15) is 0 Å². The Morgan fingerprint density at radius 2 is 1.25 bits per heavy atom. The SMILES string of the molecule is O=C(Cc1ccc2[nH]c(-c3ccc(NC(=O)[C@@H]4CCCN4C(=O)[C@@H](c4ccccc4)n4ccnc4)cc3)cc2c1)[C@@H]1CCCN1C(=O)[C@@H](c1ccccc1)n1ccnc1. The molecule has 0 saturated carbocycles. The second kappa shape index (κ2) is 16.4. The van der Waals surface area contributed by atoms with E-state index in [2.05, 4.69) is 26.3 Å². The van der Waals surface area contributed by atoms with Gasteiger partial charge in [0.1, 0.15) is 18.1 Å². The monoisotopic (exact) mass is 784 g/mol. The van der Waals surface area contributed by atoms with Crippen molar-refractivity contribution < 1.29 is 19.2 Å². The smallest absolute Gasteiger partial charge is 0.250 e. The van der Waals surface area contributed by atoms with Crippen molar-refractivity contribution in [3.8, 4) is 11.3 Å². The lowest BCUT2D eigenvalue weighted by molar-refractivity contribution is -0.139. The van der Waals surface area contributed by atoms with Crippen LogP contribution in [-0.2, 0) is 25.6 Å². The van der Waals surface area contributed by atoms with Crippen LogP contribution in [0.15, 0.2) is 147 Å². The minimum absolute atomic E-state index is 0.0281. The number of H-pyrrole nitrogens is 1. The summed E-state index contributed by atoms with van der Waals surface area (Å²) < 4.78 is 3.59. The third-order valence-electron chi connectivity index (χ3n) is 11.6. The van der Waals surface area contributed by atoms with E-state index >= 15 is 0 Å². The Kier molecular flexibility index (Phi) is 10.4. The van der Waals surface area contributed by atoms with Crippen LogP contribution in [0.4, 0.5) is 5.69 Å². The number of anilines is 1. The highest BCUT2D eigenvalue weighted by Gasteiger charge is 2.39. The molecular formula is C47H44N8O4. The van der Waals surface area contributed by atoms with Gasteiger partial charge in [-0.3, -0.25) is 19.2 Å². The number of carbonyl (C=O) groups is 4. The minimum Gasteiger partial charge on any atom is -0.355 e. The number of hydrogen-bond acceptors (Lipinski definition) is 6. The van der Waals surface area contributed by atoms with Crippen molar-refractivity contribution in [2.45, 2.75) is 56.3 Å². The predicted octanol–water partition coefficient (Wildman–Crippen LogP) is 6.84. The van der Waals surface area contributed by atoms with E-state index in [4.69, 9.17) is 0 Å². The predicted molar refractivity (Wildman–Crippen MR) is 224 cm³/mol. The maximum absolute atomic E-state index is 14.1. The molecule has 0 unspecified atom stereocenters. The number of Topliss-reactive ketones (excluding diaryl/α,β-unsaturated/α-hetero) is 1. The first-order valence-electron chi connectivity index (χ1n) is 20.1. The normalized spacial score (nSPS) is 17.6. The number of nitrogens with one attached hydrogen (secondary N) is 2. The molecule has 5 heterocycles. The fraction of sp³-hybridized carbons (Fsp3) is 0.234. The molecule has 2 fully saturated rings. The number of likely N-dealkylation sites (tertiary alicyclic amines) is 2. The van der Waals surface area contributed by atoms with Crippen molar-refractivity contribution in [1.82, 2.24) is 33.9 Å². The summed E-state index contributed by atoms with van der Waals surface area (Å²) in [6.07, 6.45) is 13.1. The Bertz CT molecular complexity index is 2570. The Morgan fingerprint density at radius 3 is 1.83 bits per heavy atom. The first-order valence-corrected chi connectivity index (χ1v) is 20.1. The van der Waals surface area contributed by atoms with E-state index in [0.29, 0.717) is 31.6 Å². The number of benzene rings is 4. The average Bonchev–Trinajstić information content (AvgIpc) is 4.12. The van der Waals surface area contributed by atoms with Crippen LogP contribution >= 0.6 is 0 Å². The van der Waals surface area contributed by atoms with Gasteiger partial charge in [0.2, 0.25) is 5.91 Å². The number of nitrogens with zero attached hydrogens (tertiary/aromatic N) is 6. The van der Waals surface area contributed by atoms with Gasteiger partial charge in [0, 0.05) is 66.6 Å². The van der Waals surface area contributed by atoms with Gasteiger partial charge in [-0.1, -0.05) is 78.9 Å². The number of hydrogen-bond donors (Lipinski definition) is 2. The zero-order valence-electron chi connectivity index (χ0n) is 32.4. The van der Waals surface area contributed by atoms with Gasteiger partial charge in [-0.25, -0.2) is 9.97 Å². The first-order chi connectivity index (χ1) is 28.9. The van der Waals surface area contributed by atoms with E-state index in [9.17, 15) is 19.2 Å². The molecule has 4 aromatic carbocycles. The van der Waals surface area contributed by atoms with Crippen LogP contribution in [0, 0.1) is 0 Å². The second-order valence-corrected chi connectivity index (χ2v) is 15.3. The van der Waals surface area contributed by atoms with E-state index in [1.807, 2.05) is 103 Å². The number of imidazole rings is 2. The highest BCUT2D eigenvalue weighted by Crippen LogP contribution is 2.31. The number of rotatable bonds is 12. The fourth-order valence-electron chi connectivity index (χ4n) is 8.71. The lowest BCUT2D eigenvalue weighted by atomic mass is 9.99. The molecule has 59 heavy (non-hydrogen) atoms. The Morgan fingerprint density at radius 1 is 0.678 bits per heavy atom. The Balaban J connectivity index is 0.853. The molecule has 2 aliphatic rings.